The fraction of sp³-hybridized carbons (Fsp3) is 0.120. The second-order valence-electron chi connectivity index (χ2n) is 8.00. The zero-order chi connectivity index (χ0) is 23.8. The fourth-order valence-electron chi connectivity index (χ4n) is 3.92. The molecule has 3 heterocycles. The molecule has 5 rings (SSSR count). The lowest BCUT2D eigenvalue weighted by Gasteiger charge is -2.29. The van der Waals surface area contributed by atoms with Gasteiger partial charge in [0.05, 0.1) is 17.5 Å². The second kappa shape index (κ2) is 8.93. The maximum Gasteiger partial charge on any atom is 0.255 e. The molecule has 9 heteroatoms. The maximum atomic E-state index is 13.5. The number of aromatic nitrogens is 4. The molecule has 2 aromatic heterocycles. The Balaban J connectivity index is 1.63. The van der Waals surface area contributed by atoms with Crippen molar-refractivity contribution in [2.24, 2.45) is 0 Å². The van der Waals surface area contributed by atoms with E-state index >= 15 is 0 Å². The topological polar surface area (TPSA) is 84.7 Å². The molecule has 0 bridgehead atoms. The first kappa shape index (κ1) is 22.1. The number of benzene rings is 2. The van der Waals surface area contributed by atoms with Crippen molar-refractivity contribution < 1.29 is 4.79 Å². The average molecular weight is 491 g/mol. The van der Waals surface area contributed by atoms with Crippen LogP contribution in [-0.2, 0) is 4.79 Å². The molecule has 0 fully saturated rings. The Morgan fingerprint density at radius 1 is 1.09 bits per heavy atom. The molecule has 7 nitrogen and oxygen atoms in total. The van der Waals surface area contributed by atoms with Gasteiger partial charge in [0.2, 0.25) is 5.95 Å². The van der Waals surface area contributed by atoms with Gasteiger partial charge in [-0.25, -0.2) is 4.68 Å². The maximum absolute atomic E-state index is 13.5. The molecule has 0 saturated carbocycles. The van der Waals surface area contributed by atoms with Gasteiger partial charge in [0.15, 0.2) is 5.82 Å². The van der Waals surface area contributed by atoms with Crippen LogP contribution in [0.15, 0.2) is 78.3 Å². The van der Waals surface area contributed by atoms with Gasteiger partial charge < -0.3 is 10.6 Å². The molecule has 1 aliphatic rings. The van der Waals surface area contributed by atoms with Gasteiger partial charge in [-0.15, -0.1) is 5.10 Å². The van der Waals surface area contributed by atoms with E-state index in [1.54, 1.807) is 41.3 Å². The summed E-state index contributed by atoms with van der Waals surface area (Å²) in [7, 11) is 0. The quantitative estimate of drug-likeness (QED) is 0.372. The zero-order valence-electron chi connectivity index (χ0n) is 18.4. The molecule has 0 spiro atoms. The lowest BCUT2D eigenvalue weighted by molar-refractivity contribution is -0.113. The van der Waals surface area contributed by atoms with Crippen molar-refractivity contribution in [2.45, 2.75) is 19.9 Å². The number of halogens is 2. The largest absolute Gasteiger partial charge is 0.328 e. The van der Waals surface area contributed by atoms with E-state index in [1.807, 2.05) is 44.2 Å². The average Bonchev–Trinajstić information content (AvgIpc) is 3.23. The summed E-state index contributed by atoms with van der Waals surface area (Å²) < 4.78 is 1.69. The SMILES string of the molecule is CC1=C(C(=O)Nc2cccnc2)C(c2ccc(Cl)cc2Cl)n2nc(-c3ccc(C)cc3)nc2N1. The van der Waals surface area contributed by atoms with Gasteiger partial charge in [-0.3, -0.25) is 9.78 Å². The number of hydrogen-bond acceptors (Lipinski definition) is 5. The molecule has 1 aliphatic heterocycles. The third-order valence-electron chi connectivity index (χ3n) is 5.58. The lowest BCUT2D eigenvalue weighted by atomic mass is 9.95. The molecular formula is C25H20Cl2N6O. The van der Waals surface area contributed by atoms with Crippen molar-refractivity contribution in [3.8, 4) is 11.4 Å². The van der Waals surface area contributed by atoms with Gasteiger partial charge in [-0.05, 0) is 38.1 Å². The normalized spacial score (nSPS) is 15.0. The molecule has 1 atom stereocenters. The molecule has 0 radical (unpaired) electrons. The molecule has 1 unspecified atom stereocenters. The van der Waals surface area contributed by atoms with E-state index in [4.69, 9.17) is 33.3 Å². The minimum absolute atomic E-state index is 0.299. The van der Waals surface area contributed by atoms with Crippen molar-refractivity contribution >= 4 is 40.7 Å². The molecule has 2 aromatic carbocycles. The molecule has 1 amide bonds. The van der Waals surface area contributed by atoms with Crippen LogP contribution in [0.5, 0.6) is 0 Å². The van der Waals surface area contributed by atoms with E-state index in [-0.39, 0.29) is 5.91 Å². The highest BCUT2D eigenvalue weighted by Gasteiger charge is 2.35. The van der Waals surface area contributed by atoms with E-state index in [9.17, 15) is 4.79 Å². The number of pyridine rings is 1. The monoisotopic (exact) mass is 490 g/mol. The van der Waals surface area contributed by atoms with Crippen LogP contribution >= 0.6 is 23.2 Å². The highest BCUT2D eigenvalue weighted by molar-refractivity contribution is 6.35. The van der Waals surface area contributed by atoms with Crippen LogP contribution in [0.3, 0.4) is 0 Å². The Kier molecular flexibility index (Phi) is 5.81. The van der Waals surface area contributed by atoms with Crippen LogP contribution in [-0.4, -0.2) is 25.7 Å². The Hall–Kier alpha value is -3.68. The summed E-state index contributed by atoms with van der Waals surface area (Å²) in [5.41, 5.74) is 4.38. The van der Waals surface area contributed by atoms with Crippen molar-refractivity contribution in [1.29, 1.82) is 0 Å². The van der Waals surface area contributed by atoms with E-state index in [2.05, 4.69) is 15.6 Å². The summed E-state index contributed by atoms with van der Waals surface area (Å²) in [5.74, 6) is 0.758. The third-order valence-corrected chi connectivity index (χ3v) is 6.15. The summed E-state index contributed by atoms with van der Waals surface area (Å²) in [6.45, 7) is 3.86. The van der Waals surface area contributed by atoms with Gasteiger partial charge in [0, 0.05) is 33.1 Å². The number of amides is 1. The summed E-state index contributed by atoms with van der Waals surface area (Å²) in [6.07, 6.45) is 3.23. The fourth-order valence-corrected chi connectivity index (χ4v) is 4.43. The highest BCUT2D eigenvalue weighted by atomic mass is 35.5. The van der Waals surface area contributed by atoms with Crippen molar-refractivity contribution in [1.82, 2.24) is 19.7 Å². The number of carbonyl (C=O) groups is 1. The van der Waals surface area contributed by atoms with Crippen LogP contribution in [0.2, 0.25) is 10.0 Å². The number of hydrogen-bond donors (Lipinski definition) is 2. The molecule has 2 N–H and O–H groups in total. The van der Waals surface area contributed by atoms with Crippen LogP contribution in [0, 0.1) is 6.92 Å². The molecule has 170 valence electrons. The summed E-state index contributed by atoms with van der Waals surface area (Å²) in [4.78, 5) is 22.3. The van der Waals surface area contributed by atoms with E-state index in [1.165, 1.54) is 0 Å². The Morgan fingerprint density at radius 2 is 1.88 bits per heavy atom. The lowest BCUT2D eigenvalue weighted by Crippen LogP contribution is -2.31. The standard InChI is InChI=1S/C25H20Cl2N6O/c1-14-5-7-16(8-6-14)23-31-25-29-15(2)21(24(34)30-18-4-3-11-28-13-18)22(33(25)32-23)19-10-9-17(26)12-20(19)27/h3-13,22H,1-2H3,(H,30,34)(H,29,31,32). The number of nitrogens with zero attached hydrogens (tertiary/aromatic N) is 4. The summed E-state index contributed by atoms with van der Waals surface area (Å²) in [5, 5.41) is 11.9. The smallest absolute Gasteiger partial charge is 0.255 e. The predicted molar refractivity (Wildman–Crippen MR) is 134 cm³/mol. The summed E-state index contributed by atoms with van der Waals surface area (Å²) >= 11 is 12.8. The number of fused-ring (bicyclic) bond motifs is 1. The zero-order valence-corrected chi connectivity index (χ0v) is 19.9. The van der Waals surface area contributed by atoms with Crippen LogP contribution in [0.1, 0.15) is 24.1 Å². The van der Waals surface area contributed by atoms with Gasteiger partial charge in [-0.1, -0.05) is 59.1 Å². The van der Waals surface area contributed by atoms with Crippen LogP contribution < -0.4 is 10.6 Å². The first-order valence-electron chi connectivity index (χ1n) is 10.6. The second-order valence-corrected chi connectivity index (χ2v) is 8.84. The van der Waals surface area contributed by atoms with Crippen molar-refractivity contribution in [2.75, 3.05) is 10.6 Å². The third kappa shape index (κ3) is 4.16. The Labute approximate surface area is 206 Å². The van der Waals surface area contributed by atoms with Crippen LogP contribution in [0.25, 0.3) is 11.4 Å². The number of anilines is 2. The Morgan fingerprint density at radius 3 is 2.59 bits per heavy atom. The number of rotatable bonds is 4. The predicted octanol–water partition coefficient (Wildman–Crippen LogP) is 5.88. The first-order valence-corrected chi connectivity index (χ1v) is 11.3. The molecule has 0 aliphatic carbocycles. The number of carbonyl (C=O) groups excluding carboxylic acids is 1. The summed E-state index contributed by atoms with van der Waals surface area (Å²) in [6, 6.07) is 16.1. The number of nitrogens with one attached hydrogen (secondary N) is 2. The van der Waals surface area contributed by atoms with Gasteiger partial charge in [-0.2, -0.15) is 4.98 Å². The van der Waals surface area contributed by atoms with Crippen molar-refractivity contribution in [3.05, 3.63) is 99.4 Å². The number of allylic oxidation sites excluding steroid dienone is 1. The first-order chi connectivity index (χ1) is 16.4. The van der Waals surface area contributed by atoms with Gasteiger partial charge >= 0.3 is 0 Å². The molecule has 34 heavy (non-hydrogen) atoms. The molecule has 4 aromatic rings. The minimum Gasteiger partial charge on any atom is -0.328 e. The minimum atomic E-state index is -0.621. The Bertz CT molecular complexity index is 1410. The molecular weight excluding hydrogens is 471 g/mol. The van der Waals surface area contributed by atoms with E-state index < -0.39 is 6.04 Å². The van der Waals surface area contributed by atoms with Gasteiger partial charge in [0.25, 0.3) is 5.91 Å². The van der Waals surface area contributed by atoms with Gasteiger partial charge in [0.1, 0.15) is 6.04 Å². The van der Waals surface area contributed by atoms with E-state index in [0.29, 0.717) is 44.3 Å². The van der Waals surface area contributed by atoms with Crippen molar-refractivity contribution in [3.63, 3.8) is 0 Å². The van der Waals surface area contributed by atoms with Crippen LogP contribution in [0.4, 0.5) is 11.6 Å². The highest BCUT2D eigenvalue weighted by Crippen LogP contribution is 2.40. The number of aryl methyl sites for hydroxylation is 1. The van der Waals surface area contributed by atoms with E-state index in [0.717, 1.165) is 11.1 Å². The molecule has 0 saturated heterocycles.